The maximum Gasteiger partial charge on any atom is 0.471 e. The molecule has 2 aliphatic carbocycles. The van der Waals surface area contributed by atoms with Gasteiger partial charge in [-0.25, -0.2) is 13.4 Å². The molecule has 3 N–H and O–H groups in total. The summed E-state index contributed by atoms with van der Waals surface area (Å²) in [4.78, 5) is 60.9. The van der Waals surface area contributed by atoms with Crippen molar-refractivity contribution in [2.45, 2.75) is 99.9 Å². The van der Waals surface area contributed by atoms with Gasteiger partial charge in [0.25, 0.3) is 5.91 Å². The Morgan fingerprint density at radius 2 is 1.80 bits per heavy atom. The van der Waals surface area contributed by atoms with Crippen molar-refractivity contribution in [2.24, 2.45) is 5.92 Å². The number of pyridine rings is 1. The molecule has 0 radical (unpaired) electrons. The lowest BCUT2D eigenvalue weighted by molar-refractivity contribution is -0.175. The molecule has 5 atom stereocenters. The van der Waals surface area contributed by atoms with Gasteiger partial charge in [0.15, 0.2) is 11.3 Å². The van der Waals surface area contributed by atoms with Crippen LogP contribution in [0.3, 0.4) is 0 Å². The molecule has 0 bridgehead atoms. The van der Waals surface area contributed by atoms with Crippen LogP contribution in [-0.2, 0) is 29.2 Å². The number of sulfonamides is 1. The maximum atomic E-state index is 14.5. The fraction of sp³-hybridized carbons (Fsp3) is 0.452. The van der Waals surface area contributed by atoms with Gasteiger partial charge in [-0.1, -0.05) is 36.6 Å². The second-order valence-corrected chi connectivity index (χ2v) is 18.0. The summed E-state index contributed by atoms with van der Waals surface area (Å²) < 4.78 is 86.8. The van der Waals surface area contributed by atoms with Crippen molar-refractivity contribution in [3.05, 3.63) is 66.2 Å². The lowest BCUT2D eigenvalue weighted by Gasteiger charge is -2.30. The molecule has 0 spiro atoms. The van der Waals surface area contributed by atoms with Gasteiger partial charge < -0.3 is 29.4 Å². The monoisotopic (exact) mass is 851 g/mol. The highest BCUT2D eigenvalue weighted by Gasteiger charge is 2.62. The third kappa shape index (κ3) is 8.25. The van der Waals surface area contributed by atoms with Crippen LogP contribution in [0.5, 0.6) is 11.5 Å². The van der Waals surface area contributed by atoms with E-state index in [-0.39, 0.29) is 43.6 Å². The number of carbonyl (C=O) groups is 4. The van der Waals surface area contributed by atoms with Gasteiger partial charge in [0.2, 0.25) is 21.8 Å². The molecule has 4 heterocycles. The highest BCUT2D eigenvalue weighted by atomic mass is 32.2. The Bertz CT molecular complexity index is 2500. The average Bonchev–Trinajstić information content (AvgIpc) is 4.11. The van der Waals surface area contributed by atoms with Crippen molar-refractivity contribution in [3.63, 3.8) is 0 Å². The average molecular weight is 852 g/mol. The number of halogens is 3. The van der Waals surface area contributed by atoms with E-state index < -0.39 is 74.7 Å². The van der Waals surface area contributed by atoms with E-state index in [1.54, 1.807) is 37.5 Å². The molecule has 2 aromatic carbocycles. The topological polar surface area (TPSA) is 186 Å². The van der Waals surface area contributed by atoms with E-state index in [9.17, 15) is 40.8 Å². The number of aryl methyl sites for hydroxylation is 1. The van der Waals surface area contributed by atoms with Crippen LogP contribution in [0.25, 0.3) is 33.3 Å². The van der Waals surface area contributed by atoms with Gasteiger partial charge >= 0.3 is 12.1 Å². The molecule has 8 rings (SSSR count). The first-order valence-electron chi connectivity index (χ1n) is 19.9. The van der Waals surface area contributed by atoms with Crippen LogP contribution in [0.4, 0.5) is 13.2 Å². The summed E-state index contributed by atoms with van der Waals surface area (Å²) in [6, 6.07) is 11.4. The van der Waals surface area contributed by atoms with Crippen molar-refractivity contribution in [1.82, 2.24) is 25.2 Å². The molecule has 14 nitrogen and oxygen atoms in total. The van der Waals surface area contributed by atoms with Gasteiger partial charge in [-0.2, -0.15) is 13.2 Å². The van der Waals surface area contributed by atoms with Gasteiger partial charge in [0.1, 0.15) is 40.6 Å². The minimum Gasteiger partial charge on any atom is -0.497 e. The number of hydrogen-bond donors (Lipinski definition) is 3. The van der Waals surface area contributed by atoms with Crippen molar-refractivity contribution in [2.75, 3.05) is 13.7 Å². The smallest absolute Gasteiger partial charge is 0.471 e. The van der Waals surface area contributed by atoms with E-state index in [1.807, 2.05) is 42.6 Å². The molecule has 2 aliphatic heterocycles. The molecule has 18 heteroatoms. The van der Waals surface area contributed by atoms with Crippen LogP contribution < -0.4 is 24.8 Å². The van der Waals surface area contributed by atoms with Gasteiger partial charge in [0, 0.05) is 29.4 Å². The number of rotatable bonds is 8. The Hall–Kier alpha value is -5.65. The summed E-state index contributed by atoms with van der Waals surface area (Å²) in [5.41, 5.74) is 1.79. The van der Waals surface area contributed by atoms with Crippen LogP contribution in [0.15, 0.2) is 65.1 Å². The lowest BCUT2D eigenvalue weighted by atomic mass is 10.0. The zero-order valence-corrected chi connectivity index (χ0v) is 33.7. The van der Waals surface area contributed by atoms with Crippen LogP contribution in [0.2, 0.25) is 0 Å². The Labute approximate surface area is 343 Å². The van der Waals surface area contributed by atoms with E-state index >= 15 is 0 Å². The van der Waals surface area contributed by atoms with E-state index in [0.29, 0.717) is 65.6 Å². The van der Waals surface area contributed by atoms with Crippen LogP contribution in [0.1, 0.15) is 63.4 Å². The third-order valence-electron chi connectivity index (χ3n) is 11.6. The predicted octanol–water partition coefficient (Wildman–Crippen LogP) is 5.36. The highest BCUT2D eigenvalue weighted by molar-refractivity contribution is 7.91. The zero-order chi connectivity index (χ0) is 42.6. The maximum absolute atomic E-state index is 14.5. The van der Waals surface area contributed by atoms with E-state index in [0.717, 1.165) is 10.5 Å². The standard InChI is InChI=1S/C42H44F3N5O9S/c1-23-10-17-33-29(18-23)35-36(59-33)34(20-31(46-35)24-11-13-26(57-2)14-12-24)58-27-19-32-37(51)48-41(39(53)49-60(55,56)28-15-16-28)21-25(41)8-6-4-3-5-7-9-30(38(52)50(32)22-27)47-40(54)42(43,44)45/h6,8,10-14,17-18,20,25,27-28,30,32H,3-5,7,9,15-16,19,21-22H2,1-2H3,(H,47,54)(H,48,51)(H,49,53)/b8-6-/t25-,27-,30+,32+,41-/m1/s1. The summed E-state index contributed by atoms with van der Waals surface area (Å²) in [5, 5.41) is 4.59. The Balaban J connectivity index is 1.16. The molecule has 318 valence electrons. The number of fused-ring (bicyclic) bond motifs is 5. The summed E-state index contributed by atoms with van der Waals surface area (Å²) in [7, 11) is -2.45. The van der Waals surface area contributed by atoms with Crippen LogP contribution in [-0.4, -0.2) is 90.7 Å². The van der Waals surface area contributed by atoms with Gasteiger partial charge in [-0.15, -0.1) is 0 Å². The predicted molar refractivity (Wildman–Crippen MR) is 212 cm³/mol. The zero-order valence-electron chi connectivity index (χ0n) is 32.8. The molecule has 3 fully saturated rings. The SMILES string of the molecule is COc1ccc(-c2cc(O[C@@H]3C[C@H]4C(=O)N[C@]5(C(=O)NS(=O)(=O)C6CC6)C[C@H]5/C=C\CCCCC[C@H](NC(=O)C(F)(F)F)C(=O)N4C3)c3oc4ccc(C)cc4c3n2)cc1. The molecule has 1 saturated heterocycles. The molecule has 2 saturated carbocycles. The van der Waals surface area contributed by atoms with Crippen LogP contribution in [0, 0.1) is 12.8 Å². The van der Waals surface area contributed by atoms with Crippen molar-refractivity contribution in [1.29, 1.82) is 0 Å². The molecule has 4 aromatic rings. The number of ether oxygens (including phenoxy) is 2. The van der Waals surface area contributed by atoms with Gasteiger partial charge in [0.05, 0.1) is 24.6 Å². The van der Waals surface area contributed by atoms with E-state index in [1.165, 1.54) is 0 Å². The minimum atomic E-state index is -5.28. The summed E-state index contributed by atoms with van der Waals surface area (Å²) >= 11 is 0. The Morgan fingerprint density at radius 1 is 1.03 bits per heavy atom. The van der Waals surface area contributed by atoms with Crippen molar-refractivity contribution >= 4 is 55.7 Å². The second kappa shape index (κ2) is 15.7. The number of nitrogens with one attached hydrogen (secondary N) is 3. The van der Waals surface area contributed by atoms with Gasteiger partial charge in [-0.3, -0.25) is 23.9 Å². The number of aromatic nitrogens is 1. The second-order valence-electron chi connectivity index (χ2n) is 16.0. The number of alkyl halides is 3. The lowest BCUT2D eigenvalue weighted by Crippen LogP contribution is -2.58. The molecular formula is C42H44F3N5O9S. The van der Waals surface area contributed by atoms with E-state index in [4.69, 9.17) is 18.9 Å². The quantitative estimate of drug-likeness (QED) is 0.195. The number of nitrogens with zero attached hydrogens (tertiary/aromatic N) is 2. The Morgan fingerprint density at radius 3 is 2.52 bits per heavy atom. The molecule has 2 aromatic heterocycles. The van der Waals surface area contributed by atoms with Crippen LogP contribution >= 0.6 is 0 Å². The number of allylic oxidation sites excluding steroid dienone is 1. The number of benzene rings is 2. The molecular weight excluding hydrogens is 808 g/mol. The van der Waals surface area contributed by atoms with Crippen molar-refractivity contribution < 1.29 is 54.7 Å². The number of furan rings is 1. The molecule has 4 aliphatic rings. The third-order valence-corrected chi connectivity index (χ3v) is 13.4. The Kier molecular flexibility index (Phi) is 10.8. The van der Waals surface area contributed by atoms with E-state index in [2.05, 4.69) is 10.0 Å². The first-order valence-corrected chi connectivity index (χ1v) is 21.5. The first kappa shape index (κ1) is 41.1. The fourth-order valence-electron chi connectivity index (χ4n) is 8.08. The summed E-state index contributed by atoms with van der Waals surface area (Å²) in [5.74, 6) is -4.70. The molecule has 0 unspecified atom stereocenters. The minimum absolute atomic E-state index is 0.0841. The fourth-order valence-corrected chi connectivity index (χ4v) is 9.45. The summed E-state index contributed by atoms with van der Waals surface area (Å²) in [6.07, 6.45) is -0.204. The van der Waals surface area contributed by atoms with Gasteiger partial charge in [-0.05, 0) is 81.8 Å². The number of hydrogen-bond acceptors (Lipinski definition) is 10. The number of methoxy groups -OCH3 is 1. The molecule has 4 amide bonds. The normalized spacial score (nSPS) is 25.6. The number of carbonyl (C=O) groups excluding carboxylic acids is 4. The highest BCUT2D eigenvalue weighted by Crippen LogP contribution is 2.46. The molecule has 60 heavy (non-hydrogen) atoms. The summed E-state index contributed by atoms with van der Waals surface area (Å²) in [6.45, 7) is 1.63. The first-order chi connectivity index (χ1) is 28.6. The largest absolute Gasteiger partial charge is 0.497 e. The van der Waals surface area contributed by atoms with Crippen molar-refractivity contribution in [3.8, 4) is 22.8 Å². The number of amides is 4.